The number of thioether (sulfide) groups is 1. The molecule has 130 valence electrons. The van der Waals surface area contributed by atoms with E-state index in [2.05, 4.69) is 21.6 Å². The topological polar surface area (TPSA) is 83.6 Å². The van der Waals surface area contributed by atoms with Crippen LogP contribution in [0.2, 0.25) is 0 Å². The SMILES string of the molecule is CCn1c(SCC(=O)N[C@@](C)(C#N)C2CC2)nnc1-c1ccccc1. The van der Waals surface area contributed by atoms with Gasteiger partial charge in [0.25, 0.3) is 0 Å². The molecule has 25 heavy (non-hydrogen) atoms. The zero-order valence-corrected chi connectivity index (χ0v) is 15.2. The Morgan fingerprint density at radius 1 is 1.40 bits per heavy atom. The predicted octanol–water partition coefficient (Wildman–Crippen LogP) is 2.87. The first-order valence-corrected chi connectivity index (χ1v) is 9.39. The Kier molecular flexibility index (Phi) is 5.09. The van der Waals surface area contributed by atoms with Gasteiger partial charge in [-0.05, 0) is 32.6 Å². The highest BCUT2D eigenvalue weighted by Gasteiger charge is 2.42. The van der Waals surface area contributed by atoms with Gasteiger partial charge >= 0.3 is 0 Å². The molecule has 0 bridgehead atoms. The number of aromatic nitrogens is 3. The Morgan fingerprint density at radius 2 is 2.12 bits per heavy atom. The van der Waals surface area contributed by atoms with Gasteiger partial charge in [0.1, 0.15) is 5.54 Å². The van der Waals surface area contributed by atoms with E-state index in [9.17, 15) is 10.1 Å². The van der Waals surface area contributed by atoms with Crippen LogP contribution < -0.4 is 5.32 Å². The first-order valence-electron chi connectivity index (χ1n) is 8.41. The summed E-state index contributed by atoms with van der Waals surface area (Å²) in [5.41, 5.74) is 0.240. The number of hydrogen-bond acceptors (Lipinski definition) is 5. The monoisotopic (exact) mass is 355 g/mol. The highest BCUT2D eigenvalue weighted by molar-refractivity contribution is 7.99. The molecule has 0 spiro atoms. The Bertz CT molecular complexity index is 794. The molecular weight excluding hydrogens is 334 g/mol. The van der Waals surface area contributed by atoms with Crippen LogP contribution in [0.4, 0.5) is 0 Å². The minimum absolute atomic E-state index is 0.145. The van der Waals surface area contributed by atoms with Crippen LogP contribution in [0.3, 0.4) is 0 Å². The molecule has 1 N–H and O–H groups in total. The summed E-state index contributed by atoms with van der Waals surface area (Å²) in [4.78, 5) is 12.3. The van der Waals surface area contributed by atoms with Crippen LogP contribution in [0.15, 0.2) is 35.5 Å². The molecule has 0 unspecified atom stereocenters. The number of nitriles is 1. The van der Waals surface area contributed by atoms with Crippen LogP contribution in [0.1, 0.15) is 26.7 Å². The molecule has 0 saturated heterocycles. The molecule has 3 rings (SSSR count). The summed E-state index contributed by atoms with van der Waals surface area (Å²) in [5, 5.41) is 21.4. The van der Waals surface area contributed by atoms with Gasteiger partial charge < -0.3 is 9.88 Å². The highest BCUT2D eigenvalue weighted by atomic mass is 32.2. The summed E-state index contributed by atoms with van der Waals surface area (Å²) >= 11 is 1.35. The maximum absolute atomic E-state index is 12.3. The second-order valence-electron chi connectivity index (χ2n) is 6.34. The molecular formula is C18H21N5OS. The van der Waals surface area contributed by atoms with E-state index in [1.807, 2.05) is 41.8 Å². The average Bonchev–Trinajstić information content (AvgIpc) is 3.41. The van der Waals surface area contributed by atoms with Crippen molar-refractivity contribution in [2.75, 3.05) is 5.75 Å². The Labute approximate surface area is 151 Å². The lowest BCUT2D eigenvalue weighted by molar-refractivity contribution is -0.119. The third-order valence-electron chi connectivity index (χ3n) is 4.42. The van der Waals surface area contributed by atoms with Gasteiger partial charge in [0.05, 0.1) is 11.8 Å². The molecule has 1 heterocycles. The van der Waals surface area contributed by atoms with E-state index in [0.29, 0.717) is 5.16 Å². The zero-order chi connectivity index (χ0) is 17.9. The number of rotatable bonds is 7. The molecule has 1 aliphatic rings. The van der Waals surface area contributed by atoms with E-state index in [1.165, 1.54) is 11.8 Å². The number of carbonyl (C=O) groups is 1. The Morgan fingerprint density at radius 3 is 2.72 bits per heavy atom. The van der Waals surface area contributed by atoms with Gasteiger partial charge in [0.2, 0.25) is 5.91 Å². The maximum atomic E-state index is 12.3. The van der Waals surface area contributed by atoms with Crippen LogP contribution in [-0.2, 0) is 11.3 Å². The van der Waals surface area contributed by atoms with Crippen molar-refractivity contribution in [2.45, 2.75) is 43.9 Å². The minimum atomic E-state index is -0.759. The second kappa shape index (κ2) is 7.28. The molecule has 0 aliphatic heterocycles. The first kappa shape index (κ1) is 17.5. The third kappa shape index (κ3) is 3.85. The molecule has 7 heteroatoms. The molecule has 1 aliphatic carbocycles. The molecule has 2 aromatic rings. The van der Waals surface area contributed by atoms with Gasteiger partial charge in [-0.3, -0.25) is 4.79 Å². The van der Waals surface area contributed by atoms with Crippen molar-refractivity contribution < 1.29 is 4.79 Å². The molecule has 1 fully saturated rings. The number of benzene rings is 1. The van der Waals surface area contributed by atoms with Crippen molar-refractivity contribution in [3.8, 4) is 17.5 Å². The fourth-order valence-electron chi connectivity index (χ4n) is 2.82. The van der Waals surface area contributed by atoms with Crippen molar-refractivity contribution in [2.24, 2.45) is 5.92 Å². The Hall–Kier alpha value is -2.33. The molecule has 1 aromatic heterocycles. The largest absolute Gasteiger partial charge is 0.337 e. The van der Waals surface area contributed by atoms with Crippen molar-refractivity contribution in [3.05, 3.63) is 30.3 Å². The van der Waals surface area contributed by atoms with Crippen LogP contribution in [0.25, 0.3) is 11.4 Å². The fourth-order valence-corrected chi connectivity index (χ4v) is 3.62. The summed E-state index contributed by atoms with van der Waals surface area (Å²) in [6.07, 6.45) is 2.00. The summed E-state index contributed by atoms with van der Waals surface area (Å²) in [6, 6.07) is 12.1. The average molecular weight is 355 g/mol. The van der Waals surface area contributed by atoms with E-state index in [0.717, 1.165) is 30.8 Å². The smallest absolute Gasteiger partial charge is 0.231 e. The lowest BCUT2D eigenvalue weighted by Crippen LogP contribution is -2.47. The second-order valence-corrected chi connectivity index (χ2v) is 7.28. The number of nitrogens with zero attached hydrogens (tertiary/aromatic N) is 4. The number of hydrogen-bond donors (Lipinski definition) is 1. The van der Waals surface area contributed by atoms with Crippen molar-refractivity contribution in [1.29, 1.82) is 5.26 Å². The van der Waals surface area contributed by atoms with E-state index in [4.69, 9.17) is 0 Å². The Balaban J connectivity index is 1.66. The predicted molar refractivity (Wildman–Crippen MR) is 96.7 cm³/mol. The molecule has 6 nitrogen and oxygen atoms in total. The normalized spacial score (nSPS) is 16.0. The van der Waals surface area contributed by atoms with E-state index < -0.39 is 5.54 Å². The molecule has 1 atom stereocenters. The summed E-state index contributed by atoms with van der Waals surface area (Å²) < 4.78 is 2.00. The van der Waals surface area contributed by atoms with Crippen LogP contribution in [0.5, 0.6) is 0 Å². The molecule has 0 radical (unpaired) electrons. The summed E-state index contributed by atoms with van der Waals surface area (Å²) in [7, 11) is 0. The maximum Gasteiger partial charge on any atom is 0.231 e. The van der Waals surface area contributed by atoms with Crippen LogP contribution in [0, 0.1) is 17.2 Å². The van der Waals surface area contributed by atoms with Gasteiger partial charge in [-0.25, -0.2) is 0 Å². The number of nitrogens with one attached hydrogen (secondary N) is 1. The number of carbonyl (C=O) groups excluding carboxylic acids is 1. The van der Waals surface area contributed by atoms with Crippen molar-refractivity contribution in [3.63, 3.8) is 0 Å². The van der Waals surface area contributed by atoms with Gasteiger partial charge in [-0.1, -0.05) is 42.1 Å². The van der Waals surface area contributed by atoms with Crippen LogP contribution in [-0.4, -0.2) is 32.0 Å². The minimum Gasteiger partial charge on any atom is -0.337 e. The molecule has 1 saturated carbocycles. The molecule has 1 amide bonds. The van der Waals surface area contributed by atoms with E-state index in [-0.39, 0.29) is 17.6 Å². The lowest BCUT2D eigenvalue weighted by Gasteiger charge is -2.22. The summed E-state index contributed by atoms with van der Waals surface area (Å²) in [6.45, 7) is 4.55. The standard InChI is InChI=1S/C18H21N5OS/c1-3-23-16(13-7-5-4-6-8-13)21-22-17(23)25-11-15(24)20-18(2,12-19)14-9-10-14/h4-8,14H,3,9-11H2,1-2H3,(H,20,24)/t18-/m0/s1. The fraction of sp³-hybridized carbons (Fsp3) is 0.444. The number of amides is 1. The van der Waals surface area contributed by atoms with Crippen LogP contribution >= 0.6 is 11.8 Å². The van der Waals surface area contributed by atoms with Crippen molar-refractivity contribution >= 4 is 17.7 Å². The van der Waals surface area contributed by atoms with Gasteiger partial charge in [-0.2, -0.15) is 5.26 Å². The first-order chi connectivity index (χ1) is 12.1. The summed E-state index contributed by atoms with van der Waals surface area (Å²) in [5.74, 6) is 1.14. The quantitative estimate of drug-likeness (QED) is 0.772. The van der Waals surface area contributed by atoms with Gasteiger partial charge in [0, 0.05) is 12.1 Å². The van der Waals surface area contributed by atoms with E-state index >= 15 is 0 Å². The highest BCUT2D eigenvalue weighted by Crippen LogP contribution is 2.39. The lowest BCUT2D eigenvalue weighted by atomic mass is 9.98. The van der Waals surface area contributed by atoms with Gasteiger partial charge in [-0.15, -0.1) is 10.2 Å². The van der Waals surface area contributed by atoms with Gasteiger partial charge in [0.15, 0.2) is 11.0 Å². The third-order valence-corrected chi connectivity index (χ3v) is 5.39. The molecule has 1 aromatic carbocycles. The zero-order valence-electron chi connectivity index (χ0n) is 14.4. The van der Waals surface area contributed by atoms with Crippen molar-refractivity contribution in [1.82, 2.24) is 20.1 Å². The van der Waals surface area contributed by atoms with E-state index in [1.54, 1.807) is 6.92 Å².